The summed E-state index contributed by atoms with van der Waals surface area (Å²) in [7, 11) is 0. The normalized spacial score (nSPS) is 10.5. The minimum atomic E-state index is -0.198. The Morgan fingerprint density at radius 2 is 1.63 bits per heavy atom. The molecule has 0 saturated carbocycles. The lowest BCUT2D eigenvalue weighted by atomic mass is 10.0. The van der Waals surface area contributed by atoms with Gasteiger partial charge in [0.25, 0.3) is 5.91 Å². The van der Waals surface area contributed by atoms with E-state index < -0.39 is 0 Å². The second-order valence-corrected chi connectivity index (χ2v) is 5.87. The molecule has 0 fully saturated rings. The van der Waals surface area contributed by atoms with Crippen LogP contribution in [0.5, 0.6) is 0 Å². The Hall–Kier alpha value is -3.80. The molecule has 0 aliphatic heterocycles. The van der Waals surface area contributed by atoms with E-state index in [1.165, 1.54) is 0 Å². The Morgan fingerprint density at radius 1 is 0.852 bits per heavy atom. The molecule has 132 valence electrons. The zero-order chi connectivity index (χ0) is 18.5. The van der Waals surface area contributed by atoms with Gasteiger partial charge in [-0.15, -0.1) is 10.2 Å². The van der Waals surface area contributed by atoms with E-state index in [-0.39, 0.29) is 12.5 Å². The average Bonchev–Trinajstić information content (AvgIpc) is 3.22. The van der Waals surface area contributed by atoms with Crippen LogP contribution in [0.25, 0.3) is 22.6 Å². The van der Waals surface area contributed by atoms with E-state index in [0.717, 1.165) is 16.7 Å². The van der Waals surface area contributed by atoms with Crippen molar-refractivity contribution in [2.75, 3.05) is 0 Å². The van der Waals surface area contributed by atoms with Gasteiger partial charge in [0.1, 0.15) is 0 Å². The summed E-state index contributed by atoms with van der Waals surface area (Å²) >= 11 is 0. The average molecular weight is 356 g/mol. The topological polar surface area (TPSA) is 80.9 Å². The molecule has 2 aromatic heterocycles. The van der Waals surface area contributed by atoms with Crippen LogP contribution in [0.4, 0.5) is 0 Å². The number of rotatable bonds is 5. The van der Waals surface area contributed by atoms with Crippen molar-refractivity contribution in [1.82, 2.24) is 20.5 Å². The third-order valence-corrected chi connectivity index (χ3v) is 4.03. The fourth-order valence-electron chi connectivity index (χ4n) is 2.66. The fraction of sp³-hybridized carbons (Fsp3) is 0.0476. The molecule has 0 saturated heterocycles. The van der Waals surface area contributed by atoms with Gasteiger partial charge in [-0.1, -0.05) is 42.5 Å². The molecular formula is C21H16N4O2. The quantitative estimate of drug-likeness (QED) is 0.589. The van der Waals surface area contributed by atoms with Crippen LogP contribution in [-0.4, -0.2) is 21.1 Å². The Balaban J connectivity index is 1.44. The number of nitrogens with one attached hydrogen (secondary N) is 1. The Bertz CT molecular complexity index is 1050. The summed E-state index contributed by atoms with van der Waals surface area (Å²) in [4.78, 5) is 16.4. The molecule has 4 aromatic rings. The zero-order valence-corrected chi connectivity index (χ0v) is 14.4. The van der Waals surface area contributed by atoms with Gasteiger partial charge in [-0.25, -0.2) is 0 Å². The molecule has 6 heteroatoms. The molecule has 0 spiro atoms. The molecule has 4 rings (SSSR count). The molecule has 0 atom stereocenters. The number of carbonyl (C=O) groups is 1. The Kier molecular flexibility index (Phi) is 4.70. The molecular weight excluding hydrogens is 340 g/mol. The second kappa shape index (κ2) is 7.61. The van der Waals surface area contributed by atoms with E-state index in [9.17, 15) is 4.79 Å². The molecule has 2 heterocycles. The zero-order valence-electron chi connectivity index (χ0n) is 14.4. The van der Waals surface area contributed by atoms with E-state index >= 15 is 0 Å². The maximum atomic E-state index is 12.5. The molecule has 0 aliphatic carbocycles. The predicted octanol–water partition coefficient (Wildman–Crippen LogP) is 3.73. The number of benzene rings is 2. The molecule has 0 bridgehead atoms. The lowest BCUT2D eigenvalue weighted by Gasteiger charge is -2.06. The van der Waals surface area contributed by atoms with Crippen molar-refractivity contribution in [3.63, 3.8) is 0 Å². The van der Waals surface area contributed by atoms with Gasteiger partial charge in [0, 0.05) is 23.5 Å². The number of hydrogen-bond donors (Lipinski definition) is 1. The first-order chi connectivity index (χ1) is 13.3. The van der Waals surface area contributed by atoms with Crippen molar-refractivity contribution in [1.29, 1.82) is 0 Å². The first-order valence-corrected chi connectivity index (χ1v) is 8.46. The number of aromatic nitrogens is 3. The number of carbonyl (C=O) groups excluding carboxylic acids is 1. The van der Waals surface area contributed by atoms with Crippen LogP contribution in [0, 0.1) is 0 Å². The minimum absolute atomic E-state index is 0.159. The van der Waals surface area contributed by atoms with Gasteiger partial charge in [0.2, 0.25) is 11.8 Å². The van der Waals surface area contributed by atoms with E-state index in [4.69, 9.17) is 4.42 Å². The van der Waals surface area contributed by atoms with Crippen LogP contribution in [0.15, 0.2) is 83.5 Å². The van der Waals surface area contributed by atoms with Crippen LogP contribution >= 0.6 is 0 Å². The number of pyridine rings is 1. The molecule has 1 amide bonds. The predicted molar refractivity (Wildman–Crippen MR) is 101 cm³/mol. The van der Waals surface area contributed by atoms with Gasteiger partial charge in [-0.3, -0.25) is 9.78 Å². The summed E-state index contributed by atoms with van der Waals surface area (Å²) in [6, 6.07) is 21.0. The van der Waals surface area contributed by atoms with E-state index in [2.05, 4.69) is 20.5 Å². The summed E-state index contributed by atoms with van der Waals surface area (Å²) < 4.78 is 5.58. The van der Waals surface area contributed by atoms with E-state index in [0.29, 0.717) is 17.3 Å². The monoisotopic (exact) mass is 356 g/mol. The first-order valence-electron chi connectivity index (χ1n) is 8.46. The number of nitrogens with zero attached hydrogens (tertiary/aromatic N) is 3. The lowest BCUT2D eigenvalue weighted by Crippen LogP contribution is -2.22. The fourth-order valence-corrected chi connectivity index (χ4v) is 2.66. The first kappa shape index (κ1) is 16.7. The van der Waals surface area contributed by atoms with Crippen molar-refractivity contribution in [2.45, 2.75) is 6.54 Å². The molecule has 1 N–H and O–H groups in total. The molecule has 0 radical (unpaired) electrons. The summed E-state index contributed by atoms with van der Waals surface area (Å²) in [6.45, 7) is 0.159. The van der Waals surface area contributed by atoms with Crippen LogP contribution in [-0.2, 0) is 6.54 Å². The third-order valence-electron chi connectivity index (χ3n) is 4.03. The number of hydrogen-bond acceptors (Lipinski definition) is 5. The molecule has 0 unspecified atom stereocenters. The van der Waals surface area contributed by atoms with Crippen molar-refractivity contribution < 1.29 is 9.21 Å². The third kappa shape index (κ3) is 3.90. The summed E-state index contributed by atoms with van der Waals surface area (Å²) in [6.07, 6.45) is 3.31. The standard InChI is InChI=1S/C21H16N4O2/c26-20(18-8-4-7-17(13-18)15-5-2-1-3-6-15)23-14-19-24-25-21(27-19)16-9-11-22-12-10-16/h1-13H,14H2,(H,23,26). The van der Waals surface area contributed by atoms with Crippen LogP contribution in [0.1, 0.15) is 16.2 Å². The van der Waals surface area contributed by atoms with Crippen molar-refractivity contribution in [3.8, 4) is 22.6 Å². The van der Waals surface area contributed by atoms with E-state index in [1.54, 1.807) is 30.6 Å². The van der Waals surface area contributed by atoms with Crippen LogP contribution < -0.4 is 5.32 Å². The summed E-state index contributed by atoms with van der Waals surface area (Å²) in [5, 5.41) is 10.8. The summed E-state index contributed by atoms with van der Waals surface area (Å²) in [5.41, 5.74) is 3.41. The largest absolute Gasteiger partial charge is 0.419 e. The van der Waals surface area contributed by atoms with Crippen LogP contribution in [0.3, 0.4) is 0 Å². The maximum absolute atomic E-state index is 12.5. The minimum Gasteiger partial charge on any atom is -0.419 e. The number of amides is 1. The molecule has 27 heavy (non-hydrogen) atoms. The van der Waals surface area contributed by atoms with Crippen molar-refractivity contribution in [2.24, 2.45) is 0 Å². The molecule has 0 aliphatic rings. The highest BCUT2D eigenvalue weighted by atomic mass is 16.4. The van der Waals surface area contributed by atoms with Crippen molar-refractivity contribution >= 4 is 5.91 Å². The van der Waals surface area contributed by atoms with Gasteiger partial charge in [-0.2, -0.15) is 0 Å². The Labute approximate surface area is 155 Å². The molecule has 2 aromatic carbocycles. The van der Waals surface area contributed by atoms with Gasteiger partial charge in [-0.05, 0) is 35.4 Å². The van der Waals surface area contributed by atoms with Gasteiger partial charge in [0.05, 0.1) is 6.54 Å². The maximum Gasteiger partial charge on any atom is 0.251 e. The van der Waals surface area contributed by atoms with Gasteiger partial charge < -0.3 is 9.73 Å². The Morgan fingerprint density at radius 3 is 2.44 bits per heavy atom. The highest BCUT2D eigenvalue weighted by Crippen LogP contribution is 2.20. The lowest BCUT2D eigenvalue weighted by molar-refractivity contribution is 0.0947. The smallest absolute Gasteiger partial charge is 0.251 e. The highest BCUT2D eigenvalue weighted by Gasteiger charge is 2.11. The SMILES string of the molecule is O=C(NCc1nnc(-c2ccncc2)o1)c1cccc(-c2ccccc2)c1. The van der Waals surface area contributed by atoms with Crippen LogP contribution in [0.2, 0.25) is 0 Å². The van der Waals surface area contributed by atoms with Gasteiger partial charge in [0.15, 0.2) is 0 Å². The van der Waals surface area contributed by atoms with E-state index in [1.807, 2.05) is 48.5 Å². The van der Waals surface area contributed by atoms with Gasteiger partial charge >= 0.3 is 0 Å². The highest BCUT2D eigenvalue weighted by molar-refractivity contribution is 5.95. The van der Waals surface area contributed by atoms with Crippen molar-refractivity contribution in [3.05, 3.63) is 90.6 Å². The molecule has 6 nitrogen and oxygen atoms in total. The second-order valence-electron chi connectivity index (χ2n) is 5.87. The summed E-state index contributed by atoms with van der Waals surface area (Å²) in [5.74, 6) is 0.540.